The van der Waals surface area contributed by atoms with Gasteiger partial charge in [-0.1, -0.05) is 96.5 Å². The molecule has 1 saturated carbocycles. The molecule has 0 heterocycles. The van der Waals surface area contributed by atoms with Crippen molar-refractivity contribution in [2.24, 2.45) is 0 Å². The molecule has 0 radical (unpaired) electrons. The molecule has 0 bridgehead atoms. The molecule has 49 heavy (non-hydrogen) atoms. The van der Waals surface area contributed by atoms with E-state index in [9.17, 15) is 18.0 Å². The molecule has 0 spiro atoms. The van der Waals surface area contributed by atoms with Crippen LogP contribution in [0, 0.1) is 0 Å². The maximum absolute atomic E-state index is 14.7. The average Bonchev–Trinajstić information content (AvgIpc) is 3.10. The van der Waals surface area contributed by atoms with Gasteiger partial charge in [0, 0.05) is 34.1 Å². The number of ether oxygens (including phenoxy) is 1. The number of methoxy groups -OCH3 is 1. The second-order valence-corrected chi connectivity index (χ2v) is 15.1. The second-order valence-electron chi connectivity index (χ2n) is 12.0. The van der Waals surface area contributed by atoms with E-state index in [0.29, 0.717) is 26.4 Å². The molecule has 258 valence electrons. The Labute approximate surface area is 303 Å². The molecule has 12 heteroatoms. The monoisotopic (exact) mass is 741 g/mol. The fourth-order valence-corrected chi connectivity index (χ4v) is 8.03. The van der Waals surface area contributed by atoms with Gasteiger partial charge < -0.3 is 15.0 Å². The summed E-state index contributed by atoms with van der Waals surface area (Å²) in [6.07, 6.45) is 5.03. The number of carbonyl (C=O) groups excluding carboxylic acids is 2. The first-order chi connectivity index (χ1) is 23.5. The largest absolute Gasteiger partial charge is 0.497 e. The summed E-state index contributed by atoms with van der Waals surface area (Å²) < 4.78 is 34.8. The van der Waals surface area contributed by atoms with Gasteiger partial charge in [0.1, 0.15) is 18.3 Å². The maximum Gasteiger partial charge on any atom is 0.264 e. The zero-order valence-corrected chi connectivity index (χ0v) is 30.1. The summed E-state index contributed by atoms with van der Waals surface area (Å²) in [5.41, 5.74) is 1.58. The fraction of sp³-hybridized carbons (Fsp3) is 0.297. The Kier molecular flexibility index (Phi) is 12.5. The quantitative estimate of drug-likeness (QED) is 0.150. The van der Waals surface area contributed by atoms with E-state index in [4.69, 9.17) is 39.5 Å². The van der Waals surface area contributed by atoms with E-state index in [1.807, 2.05) is 30.3 Å². The normalized spacial score (nSPS) is 14.1. The highest BCUT2D eigenvalue weighted by Gasteiger charge is 2.36. The lowest BCUT2D eigenvalue weighted by Gasteiger charge is -2.35. The number of benzene rings is 4. The molecule has 0 aromatic heterocycles. The Balaban J connectivity index is 1.58. The number of carbonyl (C=O) groups is 2. The molecule has 1 fully saturated rings. The number of halogens is 3. The Morgan fingerprint density at radius 1 is 0.857 bits per heavy atom. The number of hydrogen-bond acceptors (Lipinski definition) is 5. The SMILES string of the molecule is COc1ccc(S(=O)(=O)N(CC(=O)N(Cc2ccc(Cl)cc2Cl)C(Cc2ccccc2)C(=O)NC2CCCCC2)c2cccc(Cl)c2)cc1. The average molecular weight is 743 g/mol. The van der Waals surface area contributed by atoms with Crippen molar-refractivity contribution in [2.45, 2.75) is 62.0 Å². The van der Waals surface area contributed by atoms with Gasteiger partial charge in [0.2, 0.25) is 11.8 Å². The van der Waals surface area contributed by atoms with E-state index in [1.54, 1.807) is 36.4 Å². The predicted octanol–water partition coefficient (Wildman–Crippen LogP) is 7.94. The van der Waals surface area contributed by atoms with Gasteiger partial charge >= 0.3 is 0 Å². The minimum Gasteiger partial charge on any atom is -0.497 e. The third kappa shape index (κ3) is 9.48. The van der Waals surface area contributed by atoms with Gasteiger partial charge in [0.15, 0.2) is 0 Å². The molecule has 2 amide bonds. The molecule has 1 N–H and O–H groups in total. The Morgan fingerprint density at radius 2 is 1.55 bits per heavy atom. The van der Waals surface area contributed by atoms with E-state index in [0.717, 1.165) is 42.0 Å². The van der Waals surface area contributed by atoms with Crippen molar-refractivity contribution >= 4 is 62.3 Å². The van der Waals surface area contributed by atoms with Crippen LogP contribution in [-0.4, -0.2) is 50.9 Å². The van der Waals surface area contributed by atoms with E-state index in [2.05, 4.69) is 5.32 Å². The number of hydrogen-bond donors (Lipinski definition) is 1. The fourth-order valence-electron chi connectivity index (χ4n) is 5.97. The molecule has 4 aromatic carbocycles. The first-order valence-corrected chi connectivity index (χ1v) is 18.6. The van der Waals surface area contributed by atoms with E-state index < -0.39 is 28.5 Å². The van der Waals surface area contributed by atoms with Crippen LogP contribution in [-0.2, 0) is 32.6 Å². The van der Waals surface area contributed by atoms with Crippen LogP contribution in [0.2, 0.25) is 15.1 Å². The molecule has 1 unspecified atom stereocenters. The third-order valence-electron chi connectivity index (χ3n) is 8.60. The van der Waals surface area contributed by atoms with Crippen LogP contribution in [0.25, 0.3) is 0 Å². The predicted molar refractivity (Wildman–Crippen MR) is 195 cm³/mol. The van der Waals surface area contributed by atoms with Gasteiger partial charge in [-0.05, 0) is 78.6 Å². The highest BCUT2D eigenvalue weighted by Crippen LogP contribution is 2.29. The van der Waals surface area contributed by atoms with Crippen LogP contribution in [0.4, 0.5) is 5.69 Å². The Hall–Kier alpha value is -3.76. The molecule has 4 aromatic rings. The molecule has 1 aliphatic rings. The molecule has 1 atom stereocenters. The minimum atomic E-state index is -4.31. The van der Waals surface area contributed by atoms with Crippen molar-refractivity contribution in [3.63, 3.8) is 0 Å². The van der Waals surface area contributed by atoms with Gasteiger partial charge in [0.05, 0.1) is 17.7 Å². The van der Waals surface area contributed by atoms with Gasteiger partial charge in [-0.2, -0.15) is 0 Å². The molecule has 1 aliphatic carbocycles. The number of nitrogens with one attached hydrogen (secondary N) is 1. The number of amides is 2. The number of rotatable bonds is 13. The number of nitrogens with zero attached hydrogens (tertiary/aromatic N) is 2. The lowest BCUT2D eigenvalue weighted by atomic mass is 9.94. The maximum atomic E-state index is 14.7. The number of anilines is 1. The summed E-state index contributed by atoms with van der Waals surface area (Å²) in [5, 5.41) is 4.22. The van der Waals surface area contributed by atoms with Gasteiger partial charge in [0.25, 0.3) is 10.0 Å². The highest BCUT2D eigenvalue weighted by molar-refractivity contribution is 7.92. The van der Waals surface area contributed by atoms with E-state index >= 15 is 0 Å². The van der Waals surface area contributed by atoms with Crippen molar-refractivity contribution in [3.8, 4) is 5.75 Å². The summed E-state index contributed by atoms with van der Waals surface area (Å²) in [6.45, 7) is -0.696. The Morgan fingerprint density at radius 3 is 2.20 bits per heavy atom. The zero-order chi connectivity index (χ0) is 35.0. The van der Waals surface area contributed by atoms with E-state index in [-0.39, 0.29) is 35.5 Å². The molecule has 0 saturated heterocycles. The van der Waals surface area contributed by atoms with Crippen molar-refractivity contribution in [1.29, 1.82) is 0 Å². The molecule has 8 nitrogen and oxygen atoms in total. The second kappa shape index (κ2) is 16.8. The first-order valence-electron chi connectivity index (χ1n) is 16.0. The molecular weight excluding hydrogens is 705 g/mol. The summed E-state index contributed by atoms with van der Waals surface area (Å²) in [7, 11) is -2.83. The third-order valence-corrected chi connectivity index (χ3v) is 11.2. The lowest BCUT2D eigenvalue weighted by molar-refractivity contribution is -0.140. The summed E-state index contributed by atoms with van der Waals surface area (Å²) >= 11 is 19.1. The number of sulfonamides is 1. The van der Waals surface area contributed by atoms with Crippen molar-refractivity contribution < 1.29 is 22.7 Å². The topological polar surface area (TPSA) is 96.0 Å². The molecule has 5 rings (SSSR count). The summed E-state index contributed by atoms with van der Waals surface area (Å²) in [4.78, 5) is 30.3. The van der Waals surface area contributed by atoms with Gasteiger partial charge in [-0.3, -0.25) is 13.9 Å². The van der Waals surface area contributed by atoms with Gasteiger partial charge in [-0.15, -0.1) is 0 Å². The smallest absolute Gasteiger partial charge is 0.264 e. The first kappa shape index (κ1) is 36.5. The standard InChI is InChI=1S/C37H38Cl3N3O5S/c1-48-32-17-19-33(20-18-32)49(46,47)43(31-14-8-11-28(38)22-31)25-36(44)42(24-27-15-16-29(39)23-34(27)40)35(21-26-9-4-2-5-10-26)37(45)41-30-12-6-3-7-13-30/h2,4-5,8-11,14-20,22-23,30,35H,3,6-7,12-13,21,24-25H2,1H3,(H,41,45). The van der Waals surface area contributed by atoms with Crippen LogP contribution in [0.1, 0.15) is 43.2 Å². The summed E-state index contributed by atoms with van der Waals surface area (Å²) in [5.74, 6) is -0.451. The highest BCUT2D eigenvalue weighted by atomic mass is 35.5. The zero-order valence-electron chi connectivity index (χ0n) is 27.0. The minimum absolute atomic E-state index is 0.0194. The van der Waals surface area contributed by atoms with Crippen LogP contribution >= 0.6 is 34.8 Å². The van der Waals surface area contributed by atoms with Crippen LogP contribution in [0.15, 0.2) is 102 Å². The van der Waals surface area contributed by atoms with Gasteiger partial charge in [-0.25, -0.2) is 8.42 Å². The molecule has 0 aliphatic heterocycles. The van der Waals surface area contributed by atoms with E-state index in [1.165, 1.54) is 42.3 Å². The van der Waals surface area contributed by atoms with Crippen molar-refractivity contribution in [1.82, 2.24) is 10.2 Å². The molecular formula is C37H38Cl3N3O5S. The Bertz CT molecular complexity index is 1850. The van der Waals surface area contributed by atoms with Crippen LogP contribution < -0.4 is 14.4 Å². The van der Waals surface area contributed by atoms with Crippen LogP contribution in [0.5, 0.6) is 5.75 Å². The van der Waals surface area contributed by atoms with Crippen molar-refractivity contribution in [3.05, 3.63) is 123 Å². The van der Waals surface area contributed by atoms with Crippen molar-refractivity contribution in [2.75, 3.05) is 18.0 Å². The lowest BCUT2D eigenvalue weighted by Crippen LogP contribution is -2.55. The van der Waals surface area contributed by atoms with Crippen LogP contribution in [0.3, 0.4) is 0 Å². The summed E-state index contributed by atoms with van der Waals surface area (Å²) in [6, 6.07) is 25.5.